The molecule has 3 aromatic rings. The van der Waals surface area contributed by atoms with Gasteiger partial charge in [0.1, 0.15) is 5.75 Å². The summed E-state index contributed by atoms with van der Waals surface area (Å²) in [7, 11) is -2.03. The summed E-state index contributed by atoms with van der Waals surface area (Å²) < 4.78 is 39.4. The van der Waals surface area contributed by atoms with Gasteiger partial charge < -0.3 is 14.1 Å². The van der Waals surface area contributed by atoms with E-state index in [2.05, 4.69) is 0 Å². The van der Waals surface area contributed by atoms with E-state index in [0.29, 0.717) is 30.9 Å². The van der Waals surface area contributed by atoms with Crippen molar-refractivity contribution in [2.24, 2.45) is 0 Å². The van der Waals surface area contributed by atoms with E-state index in [0.717, 1.165) is 36.9 Å². The van der Waals surface area contributed by atoms with Gasteiger partial charge in [-0.3, -0.25) is 9.36 Å². The van der Waals surface area contributed by atoms with Crippen molar-refractivity contribution in [3.63, 3.8) is 0 Å². The first-order chi connectivity index (χ1) is 16.4. The van der Waals surface area contributed by atoms with Gasteiger partial charge in [-0.2, -0.15) is 4.31 Å². The Labute approximate surface area is 197 Å². The number of fused-ring (bicyclic) bond motifs is 2. The molecule has 0 saturated carbocycles. The second-order valence-electron chi connectivity index (χ2n) is 8.63. The summed E-state index contributed by atoms with van der Waals surface area (Å²) in [6, 6.07) is 10.2. The summed E-state index contributed by atoms with van der Waals surface area (Å²) in [4.78, 5) is 27.5. The van der Waals surface area contributed by atoms with Gasteiger partial charge in [-0.15, -0.1) is 0 Å². The number of aryl methyl sites for hydroxylation is 2. The maximum absolute atomic E-state index is 13.1. The maximum Gasteiger partial charge on any atom is 0.419 e. The van der Waals surface area contributed by atoms with E-state index < -0.39 is 15.8 Å². The number of ether oxygens (including phenoxy) is 1. The molecule has 0 unspecified atom stereocenters. The van der Waals surface area contributed by atoms with Gasteiger partial charge in [0, 0.05) is 38.7 Å². The quantitative estimate of drug-likeness (QED) is 0.532. The van der Waals surface area contributed by atoms with E-state index in [-0.39, 0.29) is 29.4 Å². The number of para-hydroxylation sites is 1. The minimum absolute atomic E-state index is 0.0971. The summed E-state index contributed by atoms with van der Waals surface area (Å²) in [5, 5.41) is 0. The fourth-order valence-electron chi connectivity index (χ4n) is 4.87. The monoisotopic (exact) mass is 485 g/mol. The van der Waals surface area contributed by atoms with Gasteiger partial charge in [-0.05, 0) is 49.4 Å². The van der Waals surface area contributed by atoms with Gasteiger partial charge >= 0.3 is 5.76 Å². The van der Waals surface area contributed by atoms with Gasteiger partial charge in [0.2, 0.25) is 15.9 Å². The molecule has 2 aromatic carbocycles. The molecule has 1 aromatic heterocycles. The number of benzene rings is 2. The average molecular weight is 486 g/mol. The molecule has 1 amide bonds. The summed E-state index contributed by atoms with van der Waals surface area (Å²) in [5.41, 5.74) is 2.52. The molecule has 2 aliphatic heterocycles. The second-order valence-corrected chi connectivity index (χ2v) is 10.6. The van der Waals surface area contributed by atoms with Crippen molar-refractivity contribution in [3.05, 3.63) is 52.5 Å². The molecule has 9 nitrogen and oxygen atoms in total. The Balaban J connectivity index is 1.38. The third-order valence-electron chi connectivity index (χ3n) is 6.59. The molecule has 0 bridgehead atoms. The van der Waals surface area contributed by atoms with E-state index in [1.165, 1.54) is 21.0 Å². The second kappa shape index (κ2) is 8.92. The lowest BCUT2D eigenvalue weighted by Gasteiger charge is -2.31. The lowest BCUT2D eigenvalue weighted by Crippen LogP contribution is -2.36. The van der Waals surface area contributed by atoms with Crippen molar-refractivity contribution in [3.8, 4) is 5.75 Å². The van der Waals surface area contributed by atoms with Crippen molar-refractivity contribution >= 4 is 32.7 Å². The number of nitrogens with zero attached hydrogens (tertiary/aromatic N) is 3. The third kappa shape index (κ3) is 3.90. The van der Waals surface area contributed by atoms with Gasteiger partial charge in [-0.25, -0.2) is 13.2 Å². The first-order valence-corrected chi connectivity index (χ1v) is 12.9. The Morgan fingerprint density at radius 3 is 2.65 bits per heavy atom. The summed E-state index contributed by atoms with van der Waals surface area (Å²) in [6.07, 6.45) is 3.52. The van der Waals surface area contributed by atoms with Crippen LogP contribution in [0, 0.1) is 0 Å². The van der Waals surface area contributed by atoms with Gasteiger partial charge in [0.05, 0.1) is 23.2 Å². The van der Waals surface area contributed by atoms with Crippen LogP contribution >= 0.6 is 0 Å². The first-order valence-electron chi connectivity index (χ1n) is 11.5. The number of hydrogen-bond acceptors (Lipinski definition) is 6. The zero-order chi connectivity index (χ0) is 23.9. The third-order valence-corrected chi connectivity index (χ3v) is 8.49. The largest absolute Gasteiger partial charge is 0.495 e. The summed E-state index contributed by atoms with van der Waals surface area (Å²) in [6.45, 7) is 1.71. The number of sulfonamides is 1. The zero-order valence-electron chi connectivity index (χ0n) is 19.0. The molecule has 180 valence electrons. The minimum atomic E-state index is -3.62. The number of amides is 1. The minimum Gasteiger partial charge on any atom is -0.495 e. The normalized spacial score (nSPS) is 16.7. The highest BCUT2D eigenvalue weighted by Gasteiger charge is 2.29. The average Bonchev–Trinajstić information content (AvgIpc) is 3.49. The van der Waals surface area contributed by atoms with Crippen molar-refractivity contribution < 1.29 is 22.4 Å². The Bertz CT molecular complexity index is 1390. The maximum atomic E-state index is 13.1. The Kier molecular flexibility index (Phi) is 5.95. The molecule has 3 heterocycles. The van der Waals surface area contributed by atoms with Crippen molar-refractivity contribution in [1.82, 2.24) is 8.87 Å². The van der Waals surface area contributed by atoms with E-state index in [4.69, 9.17) is 9.15 Å². The Hall–Kier alpha value is -3.11. The number of carbonyl (C=O) groups excluding carboxylic acids is 1. The number of rotatable bonds is 6. The van der Waals surface area contributed by atoms with Crippen LogP contribution in [0.4, 0.5) is 5.69 Å². The number of oxazole rings is 1. The number of carbonyl (C=O) groups is 1. The molecule has 1 saturated heterocycles. The SMILES string of the molecule is COc1cccc2c1N(C(=O)CCn1c(=O)oc3cc(S(=O)(=O)N4CCCC4)ccc31)CCC2. The van der Waals surface area contributed by atoms with E-state index in [9.17, 15) is 18.0 Å². The van der Waals surface area contributed by atoms with Crippen LogP contribution in [0.5, 0.6) is 5.75 Å². The predicted octanol–water partition coefficient (Wildman–Crippen LogP) is 2.76. The van der Waals surface area contributed by atoms with Crippen molar-refractivity contribution in [2.45, 2.75) is 43.5 Å². The predicted molar refractivity (Wildman–Crippen MR) is 127 cm³/mol. The molecule has 2 aliphatic rings. The van der Waals surface area contributed by atoms with Crippen LogP contribution < -0.4 is 15.4 Å². The van der Waals surface area contributed by atoms with E-state index >= 15 is 0 Å². The molecule has 0 N–H and O–H groups in total. The molecule has 10 heteroatoms. The lowest BCUT2D eigenvalue weighted by molar-refractivity contribution is -0.118. The fraction of sp³-hybridized carbons (Fsp3) is 0.417. The van der Waals surface area contributed by atoms with Crippen LogP contribution in [-0.4, -0.2) is 49.9 Å². The van der Waals surface area contributed by atoms with Crippen molar-refractivity contribution in [2.75, 3.05) is 31.6 Å². The van der Waals surface area contributed by atoms with Crippen molar-refractivity contribution in [1.29, 1.82) is 0 Å². The van der Waals surface area contributed by atoms with Gasteiger partial charge in [0.25, 0.3) is 0 Å². The van der Waals surface area contributed by atoms with Crippen LogP contribution in [0.1, 0.15) is 31.2 Å². The molecule has 0 radical (unpaired) electrons. The highest BCUT2D eigenvalue weighted by atomic mass is 32.2. The van der Waals surface area contributed by atoms with Gasteiger partial charge in [-0.1, -0.05) is 12.1 Å². The molecular formula is C24H27N3O6S. The molecule has 0 atom stereocenters. The number of aromatic nitrogens is 1. The van der Waals surface area contributed by atoms with Crippen LogP contribution in [0.2, 0.25) is 0 Å². The molecule has 1 fully saturated rings. The van der Waals surface area contributed by atoms with Crippen LogP contribution in [-0.2, 0) is 27.8 Å². The standard InChI is InChI=1S/C24H27N3O6S/c1-32-20-8-4-6-17-7-5-14-27(23(17)20)22(28)11-15-26-19-10-9-18(16-21(19)33-24(26)29)34(30,31)25-12-2-3-13-25/h4,6,8-10,16H,2-3,5,7,11-15H2,1H3. The van der Waals surface area contributed by atoms with Crippen LogP contribution in [0.3, 0.4) is 0 Å². The topological polar surface area (TPSA) is 102 Å². The highest BCUT2D eigenvalue weighted by Crippen LogP contribution is 2.36. The molecular weight excluding hydrogens is 458 g/mol. The number of methoxy groups -OCH3 is 1. The Morgan fingerprint density at radius 1 is 1.09 bits per heavy atom. The highest BCUT2D eigenvalue weighted by molar-refractivity contribution is 7.89. The van der Waals surface area contributed by atoms with Gasteiger partial charge in [0.15, 0.2) is 5.58 Å². The smallest absolute Gasteiger partial charge is 0.419 e. The Morgan fingerprint density at radius 2 is 1.88 bits per heavy atom. The first kappa shape index (κ1) is 22.7. The molecule has 0 aliphatic carbocycles. The molecule has 0 spiro atoms. The summed E-state index contributed by atoms with van der Waals surface area (Å²) >= 11 is 0. The molecule has 34 heavy (non-hydrogen) atoms. The lowest BCUT2D eigenvalue weighted by atomic mass is 10.0. The number of hydrogen-bond donors (Lipinski definition) is 0. The van der Waals surface area contributed by atoms with Crippen LogP contribution in [0.15, 0.2) is 50.5 Å². The fourth-order valence-corrected chi connectivity index (χ4v) is 6.40. The van der Waals surface area contributed by atoms with E-state index in [1.54, 1.807) is 18.1 Å². The molecule has 5 rings (SSSR count). The van der Waals surface area contributed by atoms with Crippen LogP contribution in [0.25, 0.3) is 11.1 Å². The zero-order valence-corrected chi connectivity index (χ0v) is 19.8. The summed E-state index contributed by atoms with van der Waals surface area (Å²) in [5.74, 6) is -0.0710. The number of anilines is 1. The van der Waals surface area contributed by atoms with E-state index in [1.807, 2.05) is 18.2 Å².